The summed E-state index contributed by atoms with van der Waals surface area (Å²) in [6, 6.07) is 0. The third-order valence-electron chi connectivity index (χ3n) is 2.75. The van der Waals surface area contributed by atoms with Gasteiger partial charge in [0.1, 0.15) is 0 Å². The summed E-state index contributed by atoms with van der Waals surface area (Å²) in [7, 11) is -3.98. The molecule has 0 heterocycles. The predicted molar refractivity (Wildman–Crippen MR) is 59.2 cm³/mol. The van der Waals surface area contributed by atoms with Crippen LogP contribution in [0.1, 0.15) is 47.5 Å². The Morgan fingerprint density at radius 1 is 1.23 bits per heavy atom. The predicted octanol–water partition coefficient (Wildman–Crippen LogP) is 4.74. The second kappa shape index (κ2) is 4.68. The van der Waals surface area contributed by atoms with Gasteiger partial charge in [0, 0.05) is 0 Å². The van der Waals surface area contributed by atoms with Gasteiger partial charge in [-0.15, -0.1) is 0 Å². The van der Waals surface area contributed by atoms with Gasteiger partial charge >= 0.3 is 81.0 Å². The topological polar surface area (TPSA) is 0 Å². The average molecular weight is 212 g/mol. The summed E-state index contributed by atoms with van der Waals surface area (Å²) in [5.41, 5.74) is 0. The van der Waals surface area contributed by atoms with Gasteiger partial charge in [0.25, 0.3) is 0 Å². The van der Waals surface area contributed by atoms with Gasteiger partial charge in [-0.1, -0.05) is 0 Å². The number of rotatable bonds is 4. The molecule has 0 aliphatic rings. The molecule has 0 fully saturated rings. The molecule has 0 bridgehead atoms. The van der Waals surface area contributed by atoms with Gasteiger partial charge < -0.3 is 0 Å². The van der Waals surface area contributed by atoms with E-state index in [1.165, 1.54) is 0 Å². The van der Waals surface area contributed by atoms with Crippen LogP contribution in [0.15, 0.2) is 0 Å². The molecule has 1 atom stereocenters. The van der Waals surface area contributed by atoms with Crippen molar-refractivity contribution in [3.63, 3.8) is 0 Å². The summed E-state index contributed by atoms with van der Waals surface area (Å²) in [6.45, 7) is 9.09. The Morgan fingerprint density at radius 2 is 1.69 bits per heavy atom. The van der Waals surface area contributed by atoms with E-state index in [1.54, 1.807) is 20.8 Å². The molecule has 13 heavy (non-hydrogen) atoms. The zero-order valence-corrected chi connectivity index (χ0v) is 10.5. The van der Waals surface area contributed by atoms with Crippen LogP contribution in [0, 0.1) is 5.92 Å². The molecule has 0 aromatic rings. The molecule has 0 spiro atoms. The molecular weight excluding hydrogens is 189 g/mol. The summed E-state index contributed by atoms with van der Waals surface area (Å²) >= 11 is 0. The standard InChI is InChI=1S/C10H23F2P/c1-6-9(2)7-8-13(11,12)10(3,4)5/h9,13H,6-8H2,1-5H3. The van der Waals surface area contributed by atoms with Crippen molar-refractivity contribution in [3.05, 3.63) is 0 Å². The van der Waals surface area contributed by atoms with Gasteiger partial charge in [-0.25, -0.2) is 0 Å². The van der Waals surface area contributed by atoms with Crippen LogP contribution in [0.3, 0.4) is 0 Å². The summed E-state index contributed by atoms with van der Waals surface area (Å²) in [5, 5.41) is -0.763. The summed E-state index contributed by atoms with van der Waals surface area (Å²) in [4.78, 5) is 0. The number of hydrogen-bond donors (Lipinski definition) is 0. The van der Waals surface area contributed by atoms with E-state index in [0.29, 0.717) is 12.3 Å². The molecule has 0 aliphatic heterocycles. The molecular formula is C10H23F2P. The Morgan fingerprint density at radius 3 is 2.00 bits per heavy atom. The average Bonchev–Trinajstić information content (AvgIpc) is 1.98. The van der Waals surface area contributed by atoms with Crippen LogP contribution in [0.4, 0.5) is 8.39 Å². The van der Waals surface area contributed by atoms with E-state index in [9.17, 15) is 8.39 Å². The second-order valence-electron chi connectivity index (χ2n) is 5.01. The normalized spacial score (nSPS) is 17.2. The van der Waals surface area contributed by atoms with E-state index >= 15 is 0 Å². The van der Waals surface area contributed by atoms with Crippen molar-refractivity contribution in [1.29, 1.82) is 0 Å². The summed E-state index contributed by atoms with van der Waals surface area (Å²) < 4.78 is 27.1. The third kappa shape index (κ3) is 4.35. The van der Waals surface area contributed by atoms with E-state index in [1.807, 2.05) is 6.92 Å². The van der Waals surface area contributed by atoms with Crippen LogP contribution in [0.2, 0.25) is 0 Å². The van der Waals surface area contributed by atoms with Crippen molar-refractivity contribution >= 4 is 7.88 Å². The minimum atomic E-state index is -3.98. The molecule has 0 radical (unpaired) electrons. The van der Waals surface area contributed by atoms with E-state index < -0.39 is 13.0 Å². The van der Waals surface area contributed by atoms with Crippen LogP contribution >= 0.6 is 7.88 Å². The first-order valence-electron chi connectivity index (χ1n) is 5.08. The molecule has 0 rings (SSSR count). The molecule has 0 nitrogen and oxygen atoms in total. The second-order valence-corrected chi connectivity index (χ2v) is 8.42. The van der Waals surface area contributed by atoms with E-state index in [4.69, 9.17) is 0 Å². The van der Waals surface area contributed by atoms with Gasteiger partial charge in [0.05, 0.1) is 0 Å². The molecule has 0 saturated carbocycles. The fourth-order valence-electron chi connectivity index (χ4n) is 1.01. The number of hydrogen-bond acceptors (Lipinski definition) is 0. The van der Waals surface area contributed by atoms with Gasteiger partial charge in [-0.2, -0.15) is 0 Å². The molecule has 82 valence electrons. The summed E-state index contributed by atoms with van der Waals surface area (Å²) in [6.07, 6.45) is 1.85. The van der Waals surface area contributed by atoms with Gasteiger partial charge in [-0.05, 0) is 0 Å². The van der Waals surface area contributed by atoms with Crippen molar-refractivity contribution in [2.45, 2.75) is 52.6 Å². The molecule has 0 aromatic carbocycles. The van der Waals surface area contributed by atoms with E-state index in [2.05, 4.69) is 6.92 Å². The zero-order valence-electron chi connectivity index (χ0n) is 9.45. The molecule has 0 amide bonds. The quantitative estimate of drug-likeness (QED) is 0.590. The fourth-order valence-corrected chi connectivity index (χ4v) is 2.61. The van der Waals surface area contributed by atoms with Crippen LogP contribution in [0.25, 0.3) is 0 Å². The SMILES string of the molecule is CCC(C)CC[PH](F)(F)C(C)(C)C. The molecule has 1 unspecified atom stereocenters. The van der Waals surface area contributed by atoms with Crippen molar-refractivity contribution in [3.8, 4) is 0 Å². The third-order valence-corrected chi connectivity index (χ3v) is 5.86. The fraction of sp³-hybridized carbons (Fsp3) is 1.00. The maximum atomic E-state index is 13.6. The molecule has 0 aromatic heterocycles. The van der Waals surface area contributed by atoms with Crippen LogP contribution in [-0.4, -0.2) is 11.3 Å². The molecule has 0 N–H and O–H groups in total. The van der Waals surface area contributed by atoms with Crippen molar-refractivity contribution in [1.82, 2.24) is 0 Å². The molecule has 0 aliphatic carbocycles. The van der Waals surface area contributed by atoms with Crippen LogP contribution < -0.4 is 0 Å². The van der Waals surface area contributed by atoms with Gasteiger partial charge in [0.15, 0.2) is 0 Å². The van der Waals surface area contributed by atoms with Crippen LogP contribution in [0.5, 0.6) is 0 Å². The van der Waals surface area contributed by atoms with Crippen LogP contribution in [-0.2, 0) is 0 Å². The Bertz CT molecular complexity index is 149. The number of halogens is 2. The molecule has 3 heteroatoms. The van der Waals surface area contributed by atoms with Gasteiger partial charge in [-0.3, -0.25) is 0 Å². The Kier molecular flexibility index (Phi) is 4.79. The first-order valence-corrected chi connectivity index (χ1v) is 7.05. The van der Waals surface area contributed by atoms with Crippen molar-refractivity contribution in [2.75, 3.05) is 6.16 Å². The van der Waals surface area contributed by atoms with Crippen molar-refractivity contribution in [2.24, 2.45) is 5.92 Å². The Hall–Kier alpha value is 0.290. The molecule has 0 saturated heterocycles. The van der Waals surface area contributed by atoms with E-state index in [0.717, 1.165) is 6.42 Å². The Labute approximate surface area is 81.7 Å². The summed E-state index contributed by atoms with van der Waals surface area (Å²) in [5.74, 6) is 0.445. The maximum absolute atomic E-state index is 13.6. The first kappa shape index (κ1) is 13.3. The Balaban J connectivity index is 4.04. The van der Waals surface area contributed by atoms with E-state index in [-0.39, 0.29) is 6.16 Å². The van der Waals surface area contributed by atoms with Gasteiger partial charge in [0.2, 0.25) is 0 Å². The monoisotopic (exact) mass is 212 g/mol. The minimum absolute atomic E-state index is 0.158. The zero-order chi connectivity index (χ0) is 10.7. The first-order chi connectivity index (χ1) is 5.70. The van der Waals surface area contributed by atoms with Crippen molar-refractivity contribution < 1.29 is 8.39 Å².